The lowest BCUT2D eigenvalue weighted by Gasteiger charge is -2.15. The van der Waals surface area contributed by atoms with E-state index in [1.54, 1.807) is 7.11 Å². The molecular weight excluding hydrogens is 364 g/mol. The molecule has 0 radical (unpaired) electrons. The minimum absolute atomic E-state index is 0. The molecule has 5 nitrogen and oxygen atoms in total. The molecule has 0 spiro atoms. The highest BCUT2D eigenvalue weighted by Crippen LogP contribution is 2.25. The van der Waals surface area contributed by atoms with E-state index in [-0.39, 0.29) is 37.4 Å². The van der Waals surface area contributed by atoms with Gasteiger partial charge in [-0.2, -0.15) is 0 Å². The van der Waals surface area contributed by atoms with E-state index in [0.29, 0.717) is 24.0 Å². The summed E-state index contributed by atoms with van der Waals surface area (Å²) in [6, 6.07) is 15.4. The third kappa shape index (κ3) is 7.12. The van der Waals surface area contributed by atoms with Crippen molar-refractivity contribution >= 4 is 18.3 Å². The van der Waals surface area contributed by atoms with Crippen LogP contribution in [0.25, 0.3) is 0 Å². The zero-order valence-corrected chi connectivity index (χ0v) is 16.9. The fraction of sp³-hybridized carbons (Fsp3) is 0.381. The number of carbonyl (C=O) groups excluding carboxylic acids is 1. The number of hydrogen-bond acceptors (Lipinski definition) is 4. The molecule has 2 rings (SSSR count). The van der Waals surface area contributed by atoms with Gasteiger partial charge in [0.15, 0.2) is 11.5 Å². The molecule has 1 unspecified atom stereocenters. The van der Waals surface area contributed by atoms with E-state index >= 15 is 0 Å². The van der Waals surface area contributed by atoms with Gasteiger partial charge in [-0.1, -0.05) is 50.2 Å². The van der Waals surface area contributed by atoms with Crippen molar-refractivity contribution in [2.24, 2.45) is 5.73 Å². The molecule has 0 heterocycles. The number of halogens is 1. The average Bonchev–Trinajstić information content (AvgIpc) is 2.66. The number of amides is 1. The Morgan fingerprint density at radius 3 is 2.22 bits per heavy atom. The van der Waals surface area contributed by atoms with Crippen molar-refractivity contribution in [2.75, 3.05) is 20.3 Å². The molecule has 1 atom stereocenters. The highest BCUT2D eigenvalue weighted by molar-refractivity contribution is 5.85. The van der Waals surface area contributed by atoms with Gasteiger partial charge in [-0.3, -0.25) is 4.79 Å². The second-order valence-electron chi connectivity index (χ2n) is 6.48. The van der Waals surface area contributed by atoms with Gasteiger partial charge in [0.05, 0.1) is 20.1 Å². The third-order valence-electron chi connectivity index (χ3n) is 4.21. The van der Waals surface area contributed by atoms with Crippen LogP contribution in [-0.2, 0) is 4.79 Å². The summed E-state index contributed by atoms with van der Waals surface area (Å²) >= 11 is 0. The third-order valence-corrected chi connectivity index (χ3v) is 4.21. The van der Waals surface area contributed by atoms with E-state index in [0.717, 1.165) is 5.56 Å². The van der Waals surface area contributed by atoms with Crippen LogP contribution in [0.4, 0.5) is 0 Å². The number of benzene rings is 2. The topological polar surface area (TPSA) is 73.6 Å². The van der Waals surface area contributed by atoms with Gasteiger partial charge >= 0.3 is 0 Å². The van der Waals surface area contributed by atoms with E-state index in [4.69, 9.17) is 15.2 Å². The number of para-hydroxylation sites is 2. The van der Waals surface area contributed by atoms with Gasteiger partial charge in [0.1, 0.15) is 0 Å². The summed E-state index contributed by atoms with van der Waals surface area (Å²) in [7, 11) is 1.59. The minimum atomic E-state index is -0.227. The molecule has 148 valence electrons. The quantitative estimate of drug-likeness (QED) is 0.680. The molecule has 0 bridgehead atoms. The monoisotopic (exact) mass is 392 g/mol. The van der Waals surface area contributed by atoms with Crippen LogP contribution < -0.4 is 20.5 Å². The fourth-order valence-electron chi connectivity index (χ4n) is 2.55. The van der Waals surface area contributed by atoms with E-state index in [1.807, 2.05) is 36.4 Å². The summed E-state index contributed by atoms with van der Waals surface area (Å²) in [5.41, 5.74) is 8.45. The van der Waals surface area contributed by atoms with Gasteiger partial charge in [-0.25, -0.2) is 0 Å². The van der Waals surface area contributed by atoms with Crippen LogP contribution in [0, 0.1) is 0 Å². The number of ether oxygens (including phenoxy) is 2. The first-order valence-electron chi connectivity index (χ1n) is 8.89. The van der Waals surface area contributed by atoms with Crippen molar-refractivity contribution in [1.82, 2.24) is 5.32 Å². The van der Waals surface area contributed by atoms with Gasteiger partial charge in [0.25, 0.3) is 0 Å². The maximum atomic E-state index is 12.0. The molecule has 0 aliphatic carbocycles. The normalized spacial score (nSPS) is 11.4. The van der Waals surface area contributed by atoms with Crippen LogP contribution in [0.3, 0.4) is 0 Å². The van der Waals surface area contributed by atoms with Crippen molar-refractivity contribution in [3.63, 3.8) is 0 Å². The SMILES string of the molecule is COc1ccccc1OCCC(=O)NCC(N)c1ccc(C(C)C)cc1.Cl. The molecule has 0 aromatic heterocycles. The van der Waals surface area contributed by atoms with Crippen LogP contribution >= 0.6 is 12.4 Å². The largest absolute Gasteiger partial charge is 0.493 e. The van der Waals surface area contributed by atoms with Crippen LogP contribution in [0.2, 0.25) is 0 Å². The summed E-state index contributed by atoms with van der Waals surface area (Å²) < 4.78 is 10.8. The Morgan fingerprint density at radius 2 is 1.63 bits per heavy atom. The molecule has 0 aliphatic rings. The lowest BCUT2D eigenvalue weighted by Crippen LogP contribution is -2.32. The Morgan fingerprint density at radius 1 is 1.04 bits per heavy atom. The van der Waals surface area contributed by atoms with Crippen LogP contribution in [-0.4, -0.2) is 26.2 Å². The second kappa shape index (κ2) is 11.5. The molecule has 6 heteroatoms. The van der Waals surface area contributed by atoms with E-state index in [9.17, 15) is 4.79 Å². The van der Waals surface area contributed by atoms with Gasteiger partial charge in [-0.05, 0) is 29.2 Å². The summed E-state index contributed by atoms with van der Waals surface area (Å²) in [4.78, 5) is 12.0. The van der Waals surface area contributed by atoms with Gasteiger partial charge in [0, 0.05) is 12.6 Å². The van der Waals surface area contributed by atoms with Crippen LogP contribution in [0.5, 0.6) is 11.5 Å². The summed E-state index contributed by atoms with van der Waals surface area (Å²) in [5.74, 6) is 1.68. The van der Waals surface area contributed by atoms with E-state index < -0.39 is 0 Å². The molecule has 0 aliphatic heterocycles. The molecular formula is C21H29ClN2O3. The Labute approximate surface area is 167 Å². The predicted molar refractivity (Wildman–Crippen MR) is 111 cm³/mol. The van der Waals surface area contributed by atoms with Crippen LogP contribution in [0.1, 0.15) is 43.4 Å². The Kier molecular flexibility index (Phi) is 9.68. The molecule has 2 aromatic rings. The standard InChI is InChI=1S/C21H28N2O3.ClH/c1-15(2)16-8-10-17(11-9-16)18(22)14-23-21(24)12-13-26-20-7-5-4-6-19(20)25-3;/h4-11,15,18H,12-14,22H2,1-3H3,(H,23,24);1H. The lowest BCUT2D eigenvalue weighted by molar-refractivity contribution is -0.121. The van der Waals surface area contributed by atoms with E-state index in [1.165, 1.54) is 5.56 Å². The number of nitrogens with two attached hydrogens (primary N) is 1. The van der Waals surface area contributed by atoms with Gasteiger partial charge < -0.3 is 20.5 Å². The molecule has 0 saturated carbocycles. The molecule has 2 aromatic carbocycles. The first kappa shape index (κ1) is 22.8. The van der Waals surface area contributed by atoms with Crippen molar-refractivity contribution < 1.29 is 14.3 Å². The number of methoxy groups -OCH3 is 1. The molecule has 0 saturated heterocycles. The molecule has 0 fully saturated rings. The fourth-order valence-corrected chi connectivity index (χ4v) is 2.55. The highest BCUT2D eigenvalue weighted by atomic mass is 35.5. The zero-order chi connectivity index (χ0) is 18.9. The number of hydrogen-bond donors (Lipinski definition) is 2. The zero-order valence-electron chi connectivity index (χ0n) is 16.1. The first-order valence-corrected chi connectivity index (χ1v) is 8.89. The smallest absolute Gasteiger partial charge is 0.223 e. The summed E-state index contributed by atoms with van der Waals surface area (Å²) in [5, 5.41) is 2.86. The second-order valence-corrected chi connectivity index (χ2v) is 6.48. The average molecular weight is 393 g/mol. The van der Waals surface area contributed by atoms with Crippen molar-refractivity contribution in [3.8, 4) is 11.5 Å². The summed E-state index contributed by atoms with van der Waals surface area (Å²) in [6.45, 7) is 4.99. The maximum Gasteiger partial charge on any atom is 0.223 e. The number of rotatable bonds is 9. The number of carbonyl (C=O) groups is 1. The van der Waals surface area contributed by atoms with Crippen molar-refractivity contribution in [2.45, 2.75) is 32.2 Å². The van der Waals surface area contributed by atoms with Gasteiger partial charge in [-0.15, -0.1) is 12.4 Å². The van der Waals surface area contributed by atoms with Crippen molar-refractivity contribution in [3.05, 3.63) is 59.7 Å². The highest BCUT2D eigenvalue weighted by Gasteiger charge is 2.10. The predicted octanol–water partition coefficient (Wildman–Crippen LogP) is 3.83. The Balaban J connectivity index is 0.00000364. The number of nitrogens with one attached hydrogen (secondary N) is 1. The maximum absolute atomic E-state index is 12.0. The summed E-state index contributed by atoms with van der Waals surface area (Å²) in [6.07, 6.45) is 0.261. The molecule has 27 heavy (non-hydrogen) atoms. The Bertz CT molecular complexity index is 705. The molecule has 1 amide bonds. The minimum Gasteiger partial charge on any atom is -0.493 e. The molecule has 3 N–H and O–H groups in total. The lowest BCUT2D eigenvalue weighted by atomic mass is 9.99. The first-order chi connectivity index (χ1) is 12.5. The van der Waals surface area contributed by atoms with E-state index in [2.05, 4.69) is 31.3 Å². The Hall–Kier alpha value is -2.24. The van der Waals surface area contributed by atoms with Crippen LogP contribution in [0.15, 0.2) is 48.5 Å². The van der Waals surface area contributed by atoms with Gasteiger partial charge in [0.2, 0.25) is 5.91 Å². The van der Waals surface area contributed by atoms with Crippen molar-refractivity contribution in [1.29, 1.82) is 0 Å².